The lowest BCUT2D eigenvalue weighted by Gasteiger charge is -2.55. The van der Waals surface area contributed by atoms with Crippen molar-refractivity contribution in [1.82, 2.24) is 30.8 Å². The van der Waals surface area contributed by atoms with Crippen LogP contribution in [0.2, 0.25) is 0 Å². The van der Waals surface area contributed by atoms with E-state index in [1.807, 2.05) is 0 Å². The van der Waals surface area contributed by atoms with Gasteiger partial charge < -0.3 is 20.9 Å². The van der Waals surface area contributed by atoms with Crippen LogP contribution in [-0.4, -0.2) is 77.8 Å². The van der Waals surface area contributed by atoms with E-state index in [0.717, 1.165) is 4.90 Å². The summed E-state index contributed by atoms with van der Waals surface area (Å²) in [5, 5.41) is 24.4. The highest BCUT2D eigenvalue weighted by atomic mass is 32.2. The number of thioether (sulfide) groups is 1. The molecule has 1 aromatic heterocycles. The van der Waals surface area contributed by atoms with Crippen LogP contribution in [-0.2, 0) is 25.5 Å². The van der Waals surface area contributed by atoms with Crippen LogP contribution in [0.1, 0.15) is 12.7 Å². The van der Waals surface area contributed by atoms with E-state index in [9.17, 15) is 24.3 Å². The Morgan fingerprint density at radius 3 is 2.85 bits per heavy atom. The number of carboxylic acids is 1. The van der Waals surface area contributed by atoms with E-state index in [-0.39, 0.29) is 35.9 Å². The van der Waals surface area contributed by atoms with Gasteiger partial charge in [0.2, 0.25) is 5.91 Å². The Balaban J connectivity index is 1.76. The maximum Gasteiger partial charge on any atom is 0.404 e. The van der Waals surface area contributed by atoms with Gasteiger partial charge in [-0.15, -0.1) is 22.0 Å². The molecule has 0 spiro atoms. The van der Waals surface area contributed by atoms with Crippen LogP contribution in [0.3, 0.4) is 0 Å². The third kappa shape index (κ3) is 3.30. The summed E-state index contributed by atoms with van der Waals surface area (Å²) in [6.07, 6.45) is -1.23. The lowest BCUT2D eigenvalue weighted by molar-refractivity contribution is -0.158. The molecule has 14 heteroatoms. The Morgan fingerprint density at radius 2 is 2.26 bits per heavy atom. The number of aromatic nitrogens is 4. The molecule has 27 heavy (non-hydrogen) atoms. The number of H-pyrrole nitrogens is 1. The summed E-state index contributed by atoms with van der Waals surface area (Å²) >= 11 is 1.24. The average Bonchev–Trinajstić information content (AvgIpc) is 3.11. The molecule has 0 saturated carbocycles. The molecule has 1 aromatic rings. The summed E-state index contributed by atoms with van der Waals surface area (Å²) in [7, 11) is 0. The van der Waals surface area contributed by atoms with Crippen molar-refractivity contribution in [2.24, 2.45) is 5.73 Å². The second kappa shape index (κ2) is 6.86. The van der Waals surface area contributed by atoms with Crippen molar-refractivity contribution in [3.05, 3.63) is 17.1 Å². The number of carbonyl (C=O) groups is 4. The van der Waals surface area contributed by atoms with E-state index >= 15 is 0 Å². The molecule has 2 atom stereocenters. The molecule has 5 N–H and O–H groups in total. The summed E-state index contributed by atoms with van der Waals surface area (Å²) in [5.74, 6) is -2.07. The van der Waals surface area contributed by atoms with Gasteiger partial charge in [-0.05, 0) is 6.92 Å². The van der Waals surface area contributed by atoms with E-state index in [4.69, 9.17) is 5.73 Å². The number of nitrogens with two attached hydrogens (primary N) is 1. The third-order valence-electron chi connectivity index (χ3n) is 4.08. The highest BCUT2D eigenvalue weighted by Gasteiger charge is 2.62. The van der Waals surface area contributed by atoms with Crippen LogP contribution in [0, 0.1) is 0 Å². The predicted molar refractivity (Wildman–Crippen MR) is 87.7 cm³/mol. The molecule has 3 amide bonds. The molecular formula is C13H15N7O6S. The second-order valence-corrected chi connectivity index (χ2v) is 7.03. The van der Waals surface area contributed by atoms with Crippen molar-refractivity contribution in [3.8, 4) is 0 Å². The van der Waals surface area contributed by atoms with E-state index in [0.29, 0.717) is 0 Å². The Hall–Kier alpha value is -3.16. The first-order chi connectivity index (χ1) is 12.7. The zero-order valence-corrected chi connectivity index (χ0v) is 14.8. The van der Waals surface area contributed by atoms with Gasteiger partial charge in [-0.2, -0.15) is 5.21 Å². The van der Waals surface area contributed by atoms with E-state index in [1.54, 1.807) is 0 Å². The van der Waals surface area contributed by atoms with Crippen LogP contribution >= 0.6 is 11.8 Å². The number of tetrazole rings is 1. The van der Waals surface area contributed by atoms with Crippen molar-refractivity contribution in [1.29, 1.82) is 0 Å². The monoisotopic (exact) mass is 397 g/mol. The quantitative estimate of drug-likeness (QED) is 0.389. The van der Waals surface area contributed by atoms with Crippen LogP contribution in [0.15, 0.2) is 11.3 Å². The molecule has 13 nitrogen and oxygen atoms in total. The van der Waals surface area contributed by atoms with Gasteiger partial charge in [-0.25, -0.2) is 9.59 Å². The Labute approximate surface area is 155 Å². The fraction of sp³-hybridized carbons (Fsp3) is 0.462. The lowest BCUT2D eigenvalue weighted by atomic mass is 9.88. The summed E-state index contributed by atoms with van der Waals surface area (Å²) in [6, 6.07) is 0. The molecule has 1 fully saturated rings. The Kier molecular flexibility index (Phi) is 4.73. The fourth-order valence-electron chi connectivity index (χ4n) is 2.91. The van der Waals surface area contributed by atoms with Gasteiger partial charge in [-0.3, -0.25) is 14.5 Å². The highest BCUT2D eigenvalue weighted by molar-refractivity contribution is 8.00. The number of hydrogen-bond donors (Lipinski definition) is 4. The number of carboxylic acid groups (broad SMARTS) is 1. The molecule has 144 valence electrons. The molecule has 3 heterocycles. The highest BCUT2D eigenvalue weighted by Crippen LogP contribution is 2.46. The van der Waals surface area contributed by atoms with Gasteiger partial charge in [0.15, 0.2) is 5.82 Å². The van der Waals surface area contributed by atoms with Crippen LogP contribution in [0.4, 0.5) is 4.79 Å². The van der Waals surface area contributed by atoms with Crippen molar-refractivity contribution in [2.75, 3.05) is 12.4 Å². The number of ether oxygens (including phenoxy) is 1. The Morgan fingerprint density at radius 1 is 1.52 bits per heavy atom. The Bertz CT molecular complexity index is 840. The molecule has 1 saturated heterocycles. The summed E-state index contributed by atoms with van der Waals surface area (Å²) in [4.78, 5) is 48.3. The second-order valence-electron chi connectivity index (χ2n) is 5.96. The van der Waals surface area contributed by atoms with Crippen LogP contribution < -0.4 is 11.1 Å². The smallest absolute Gasteiger partial charge is 0.404 e. The van der Waals surface area contributed by atoms with Gasteiger partial charge in [0, 0.05) is 11.3 Å². The molecule has 3 rings (SSSR count). The number of aromatic amines is 1. The first-order valence-electron chi connectivity index (χ1n) is 7.60. The van der Waals surface area contributed by atoms with Gasteiger partial charge >= 0.3 is 12.1 Å². The number of primary amides is 1. The number of nitrogens with zero attached hydrogens (tertiary/aromatic N) is 4. The first-order valence-corrected chi connectivity index (χ1v) is 8.65. The average molecular weight is 397 g/mol. The van der Waals surface area contributed by atoms with Crippen molar-refractivity contribution in [3.63, 3.8) is 0 Å². The predicted octanol–water partition coefficient (Wildman–Crippen LogP) is -2.03. The molecular weight excluding hydrogens is 382 g/mol. The van der Waals surface area contributed by atoms with Crippen molar-refractivity contribution < 1.29 is 29.0 Å². The number of β-lactam (4-membered cyclic amide) rings is 1. The topological polar surface area (TPSA) is 193 Å². The zero-order valence-electron chi connectivity index (χ0n) is 14.0. The minimum absolute atomic E-state index is 0.160. The number of amides is 3. The number of rotatable bonds is 6. The molecule has 0 aromatic carbocycles. The SMILES string of the molecule is CC1(NC(=O)Cc2nn[nH]n2)C(=O)N2C(C(=O)O)=C(COC(N)=O)CSC21. The number of aliphatic carboxylic acids is 1. The van der Waals surface area contributed by atoms with Crippen molar-refractivity contribution in [2.45, 2.75) is 24.3 Å². The molecule has 0 aliphatic carbocycles. The number of hydrogen-bond acceptors (Lipinski definition) is 9. The third-order valence-corrected chi connectivity index (χ3v) is 5.59. The summed E-state index contributed by atoms with van der Waals surface area (Å²) in [6.45, 7) is 1.18. The van der Waals surface area contributed by atoms with E-state index in [1.165, 1.54) is 18.7 Å². The molecule has 2 unspecified atom stereocenters. The molecule has 2 aliphatic heterocycles. The van der Waals surface area contributed by atoms with E-state index < -0.39 is 34.8 Å². The summed E-state index contributed by atoms with van der Waals surface area (Å²) in [5.41, 5.74) is 3.59. The number of nitrogens with one attached hydrogen (secondary N) is 2. The molecule has 0 bridgehead atoms. The number of carbonyl (C=O) groups excluding carboxylic acids is 3. The lowest BCUT2D eigenvalue weighted by Crippen LogP contribution is -2.78. The van der Waals surface area contributed by atoms with Gasteiger partial charge in [0.1, 0.15) is 23.2 Å². The fourth-order valence-corrected chi connectivity index (χ4v) is 4.33. The standard InChI is InChI=1S/C13H15N7O6S/c1-13(15-7(21)2-6-16-18-19-17-6)10(24)20-8(9(22)23)5(3-26-12(14)25)4-27-11(13)20/h11H,2-4H2,1H3,(H2,14,25)(H,15,21)(H,22,23)(H,16,17,18,19). The summed E-state index contributed by atoms with van der Waals surface area (Å²) < 4.78 is 4.65. The van der Waals surface area contributed by atoms with E-state index in [2.05, 4.69) is 30.7 Å². The van der Waals surface area contributed by atoms with Crippen LogP contribution in [0.5, 0.6) is 0 Å². The van der Waals surface area contributed by atoms with Crippen molar-refractivity contribution >= 4 is 35.6 Å². The molecule has 0 radical (unpaired) electrons. The first kappa shape index (κ1) is 18.6. The molecule has 2 aliphatic rings. The van der Waals surface area contributed by atoms with Crippen LogP contribution in [0.25, 0.3) is 0 Å². The number of fused-ring (bicyclic) bond motifs is 1. The minimum Gasteiger partial charge on any atom is -0.477 e. The zero-order chi connectivity index (χ0) is 19.8. The van der Waals surface area contributed by atoms with Gasteiger partial charge in [0.25, 0.3) is 5.91 Å². The minimum atomic E-state index is -1.34. The van der Waals surface area contributed by atoms with Gasteiger partial charge in [0.05, 0.1) is 6.42 Å². The van der Waals surface area contributed by atoms with Gasteiger partial charge in [-0.1, -0.05) is 5.21 Å². The largest absolute Gasteiger partial charge is 0.477 e. The maximum atomic E-state index is 12.7. The maximum absolute atomic E-state index is 12.7. The normalized spacial score (nSPS) is 24.1.